The van der Waals surface area contributed by atoms with Gasteiger partial charge in [-0.25, -0.2) is 0 Å². The summed E-state index contributed by atoms with van der Waals surface area (Å²) in [5, 5.41) is 0. The molecule has 0 amide bonds. The molecule has 0 radical (unpaired) electrons. The second-order valence-electron chi connectivity index (χ2n) is 5.06. The van der Waals surface area contributed by atoms with Crippen molar-refractivity contribution in [3.63, 3.8) is 0 Å². The van der Waals surface area contributed by atoms with E-state index >= 15 is 0 Å². The highest BCUT2D eigenvalue weighted by Gasteiger charge is 2.37. The van der Waals surface area contributed by atoms with E-state index in [0.717, 1.165) is 12.2 Å². The minimum Gasteiger partial charge on any atom is -0.496 e. The Morgan fingerprint density at radius 1 is 1.53 bits per heavy atom. The van der Waals surface area contributed by atoms with Crippen molar-refractivity contribution in [2.75, 3.05) is 20.2 Å². The molecule has 102 valence electrons. The Hall–Kier alpha value is -1.97. The van der Waals surface area contributed by atoms with Crippen LogP contribution < -0.4 is 10.5 Å². The van der Waals surface area contributed by atoms with E-state index in [-0.39, 0.29) is 5.54 Å². The number of aliphatic imine (C=N–C) groups is 1. The van der Waals surface area contributed by atoms with Crippen LogP contribution in [0.1, 0.15) is 12.5 Å². The fourth-order valence-electron chi connectivity index (χ4n) is 2.55. The van der Waals surface area contributed by atoms with Gasteiger partial charge in [-0.3, -0.25) is 4.99 Å². The molecule has 1 aromatic rings. The first-order valence-electron chi connectivity index (χ1n) is 6.41. The summed E-state index contributed by atoms with van der Waals surface area (Å²) in [7, 11) is 1.70. The van der Waals surface area contributed by atoms with Gasteiger partial charge in [0.25, 0.3) is 0 Å². The van der Waals surface area contributed by atoms with Crippen LogP contribution in [0.2, 0.25) is 0 Å². The van der Waals surface area contributed by atoms with Crippen LogP contribution in [-0.2, 0) is 6.42 Å². The minimum atomic E-state index is -0.118. The average molecular weight is 259 g/mol. The Kier molecular flexibility index (Phi) is 3.79. The van der Waals surface area contributed by atoms with E-state index in [2.05, 4.69) is 29.5 Å². The molecule has 0 fully saturated rings. The Morgan fingerprint density at radius 2 is 2.26 bits per heavy atom. The number of ether oxygens (including phenoxy) is 1. The van der Waals surface area contributed by atoms with Crippen LogP contribution in [0.15, 0.2) is 41.9 Å². The zero-order valence-electron chi connectivity index (χ0n) is 11.6. The molecule has 1 aliphatic heterocycles. The van der Waals surface area contributed by atoms with Gasteiger partial charge in [0.05, 0.1) is 19.2 Å². The quantitative estimate of drug-likeness (QED) is 0.821. The maximum absolute atomic E-state index is 5.96. The summed E-state index contributed by atoms with van der Waals surface area (Å²) in [6.07, 6.45) is 2.70. The summed E-state index contributed by atoms with van der Waals surface area (Å²) in [4.78, 5) is 6.48. The highest BCUT2D eigenvalue weighted by Crippen LogP contribution is 2.29. The van der Waals surface area contributed by atoms with Crippen LogP contribution in [-0.4, -0.2) is 36.6 Å². The summed E-state index contributed by atoms with van der Waals surface area (Å²) in [6, 6.07) is 8.07. The van der Waals surface area contributed by atoms with Gasteiger partial charge < -0.3 is 15.4 Å². The van der Waals surface area contributed by atoms with E-state index in [1.165, 1.54) is 5.56 Å². The summed E-state index contributed by atoms with van der Waals surface area (Å²) < 4.78 is 5.42. The van der Waals surface area contributed by atoms with E-state index in [4.69, 9.17) is 10.5 Å². The summed E-state index contributed by atoms with van der Waals surface area (Å²) in [5.74, 6) is 1.50. The molecule has 1 aromatic carbocycles. The van der Waals surface area contributed by atoms with Crippen LogP contribution in [0.4, 0.5) is 0 Å². The molecule has 0 aromatic heterocycles. The second kappa shape index (κ2) is 5.34. The maximum Gasteiger partial charge on any atom is 0.192 e. The SMILES string of the molecule is C=CCN1C(N)=NCC1(C)Cc1ccccc1OC. The zero-order chi connectivity index (χ0) is 13.9. The first kappa shape index (κ1) is 13.5. The molecule has 0 saturated carbocycles. The summed E-state index contributed by atoms with van der Waals surface area (Å²) in [6.45, 7) is 7.37. The first-order valence-corrected chi connectivity index (χ1v) is 6.41. The molecule has 4 heteroatoms. The van der Waals surface area contributed by atoms with Gasteiger partial charge in [0, 0.05) is 13.0 Å². The average Bonchev–Trinajstić information content (AvgIpc) is 2.68. The van der Waals surface area contributed by atoms with Gasteiger partial charge in [0.15, 0.2) is 5.96 Å². The Morgan fingerprint density at radius 3 is 2.95 bits per heavy atom. The third kappa shape index (κ3) is 2.57. The lowest BCUT2D eigenvalue weighted by Crippen LogP contribution is -2.51. The lowest BCUT2D eigenvalue weighted by molar-refractivity contribution is 0.237. The minimum absolute atomic E-state index is 0.118. The standard InChI is InChI=1S/C15H21N3O/c1-4-9-18-14(16)17-11-15(18,2)10-12-7-5-6-8-13(12)19-3/h4-8H,1,9-11H2,2-3H3,(H2,16,17). The van der Waals surface area contributed by atoms with Crippen LogP contribution in [0, 0.1) is 0 Å². The molecule has 0 saturated heterocycles. The van der Waals surface area contributed by atoms with Crippen molar-refractivity contribution in [3.8, 4) is 5.75 Å². The Balaban J connectivity index is 2.24. The fourth-order valence-corrected chi connectivity index (χ4v) is 2.55. The topological polar surface area (TPSA) is 50.8 Å². The zero-order valence-corrected chi connectivity index (χ0v) is 11.6. The number of nitrogens with two attached hydrogens (primary N) is 1. The van der Waals surface area contributed by atoms with Gasteiger partial charge >= 0.3 is 0 Å². The van der Waals surface area contributed by atoms with Crippen molar-refractivity contribution in [2.24, 2.45) is 10.7 Å². The number of methoxy groups -OCH3 is 1. The first-order chi connectivity index (χ1) is 9.10. The third-order valence-electron chi connectivity index (χ3n) is 3.59. The Bertz CT molecular complexity index is 498. The van der Waals surface area contributed by atoms with Gasteiger partial charge in [-0.2, -0.15) is 0 Å². The van der Waals surface area contributed by atoms with E-state index in [1.807, 2.05) is 24.3 Å². The molecule has 0 bridgehead atoms. The number of hydrogen-bond donors (Lipinski definition) is 1. The number of rotatable bonds is 5. The highest BCUT2D eigenvalue weighted by molar-refractivity contribution is 5.81. The molecule has 1 unspecified atom stereocenters. The molecule has 2 N–H and O–H groups in total. The van der Waals surface area contributed by atoms with Gasteiger partial charge in [0.2, 0.25) is 0 Å². The monoisotopic (exact) mass is 259 g/mol. The van der Waals surface area contributed by atoms with Crippen molar-refractivity contribution < 1.29 is 4.74 Å². The van der Waals surface area contributed by atoms with Gasteiger partial charge in [-0.15, -0.1) is 6.58 Å². The number of benzene rings is 1. The van der Waals surface area contributed by atoms with Crippen LogP contribution in [0.3, 0.4) is 0 Å². The molecule has 19 heavy (non-hydrogen) atoms. The van der Waals surface area contributed by atoms with Crippen LogP contribution in [0.5, 0.6) is 5.75 Å². The predicted molar refractivity (Wildman–Crippen MR) is 78.5 cm³/mol. The molecule has 1 heterocycles. The lowest BCUT2D eigenvalue weighted by atomic mass is 9.91. The van der Waals surface area contributed by atoms with Crippen LogP contribution >= 0.6 is 0 Å². The smallest absolute Gasteiger partial charge is 0.192 e. The fraction of sp³-hybridized carbons (Fsp3) is 0.400. The van der Waals surface area contributed by atoms with Gasteiger partial charge in [-0.05, 0) is 18.6 Å². The summed E-state index contributed by atoms with van der Waals surface area (Å²) >= 11 is 0. The van der Waals surface area contributed by atoms with Gasteiger partial charge in [0.1, 0.15) is 5.75 Å². The number of guanidine groups is 1. The second-order valence-corrected chi connectivity index (χ2v) is 5.06. The molecule has 2 rings (SSSR count). The number of hydrogen-bond acceptors (Lipinski definition) is 4. The van der Waals surface area contributed by atoms with Crippen molar-refractivity contribution >= 4 is 5.96 Å². The molecule has 4 nitrogen and oxygen atoms in total. The summed E-state index contributed by atoms with van der Waals surface area (Å²) in [5.41, 5.74) is 7.02. The van der Waals surface area contributed by atoms with E-state index < -0.39 is 0 Å². The van der Waals surface area contributed by atoms with Crippen LogP contribution in [0.25, 0.3) is 0 Å². The maximum atomic E-state index is 5.96. The van der Waals surface area contributed by atoms with Crippen molar-refractivity contribution in [3.05, 3.63) is 42.5 Å². The predicted octanol–water partition coefficient (Wildman–Crippen LogP) is 1.81. The van der Waals surface area contributed by atoms with Crippen molar-refractivity contribution in [1.29, 1.82) is 0 Å². The van der Waals surface area contributed by atoms with Crippen molar-refractivity contribution in [1.82, 2.24) is 4.90 Å². The Labute approximate surface area is 114 Å². The molecule has 0 spiro atoms. The molecular weight excluding hydrogens is 238 g/mol. The lowest BCUT2D eigenvalue weighted by Gasteiger charge is -2.36. The number of nitrogens with zero attached hydrogens (tertiary/aromatic N) is 2. The third-order valence-corrected chi connectivity index (χ3v) is 3.59. The van der Waals surface area contributed by atoms with Gasteiger partial charge in [-0.1, -0.05) is 24.3 Å². The molecule has 0 aliphatic carbocycles. The van der Waals surface area contributed by atoms with Crippen molar-refractivity contribution in [2.45, 2.75) is 18.9 Å². The molecular formula is C15H21N3O. The van der Waals surface area contributed by atoms with E-state index in [9.17, 15) is 0 Å². The number of para-hydroxylation sites is 1. The van der Waals surface area contributed by atoms with E-state index in [0.29, 0.717) is 19.0 Å². The normalized spacial score (nSPS) is 22.2. The molecule has 1 aliphatic rings. The largest absolute Gasteiger partial charge is 0.496 e. The van der Waals surface area contributed by atoms with E-state index in [1.54, 1.807) is 7.11 Å². The highest BCUT2D eigenvalue weighted by atomic mass is 16.5. The molecule has 1 atom stereocenters.